The molecule has 0 atom stereocenters. The third-order valence-corrected chi connectivity index (χ3v) is 7.01. The Kier molecular flexibility index (Phi) is 8.02. The van der Waals surface area contributed by atoms with E-state index < -0.39 is 11.6 Å². The zero-order valence-corrected chi connectivity index (χ0v) is 23.6. The number of rotatable bonds is 5. The minimum Gasteiger partial charge on any atom is -0.481 e. The van der Waals surface area contributed by atoms with Crippen LogP contribution in [-0.4, -0.2) is 36.5 Å². The van der Waals surface area contributed by atoms with Gasteiger partial charge in [-0.05, 0) is 74.2 Å². The standard InChI is InChI=1S/C26H20ClN3O2S.C4H10O/c1-15-10-22-25(24(21(15)12-23(31)32)16-6-8-20(27)9-7-16)33-26(29-22)18-5-3-4-17(11-18)19-13-28-30(2)14-19;1-4(2,3)5/h3-11,13-14H,12H2,1-2H3,(H,31,32);5H,1-3H3. The van der Waals surface area contributed by atoms with Crippen molar-refractivity contribution in [3.63, 3.8) is 0 Å². The van der Waals surface area contributed by atoms with Crippen LogP contribution in [0.5, 0.6) is 0 Å². The lowest BCUT2D eigenvalue weighted by atomic mass is 9.93. The number of aryl methyl sites for hydroxylation is 2. The summed E-state index contributed by atoms with van der Waals surface area (Å²) in [6.07, 6.45) is 3.78. The molecule has 196 valence electrons. The van der Waals surface area contributed by atoms with Gasteiger partial charge in [-0.1, -0.05) is 41.9 Å². The lowest BCUT2D eigenvalue weighted by Gasteiger charge is -2.13. The summed E-state index contributed by atoms with van der Waals surface area (Å²) in [6, 6.07) is 17.7. The van der Waals surface area contributed by atoms with Crippen LogP contribution >= 0.6 is 22.9 Å². The van der Waals surface area contributed by atoms with Crippen molar-refractivity contribution in [3.8, 4) is 32.8 Å². The van der Waals surface area contributed by atoms with Gasteiger partial charge in [0.25, 0.3) is 0 Å². The summed E-state index contributed by atoms with van der Waals surface area (Å²) in [5.74, 6) is -0.860. The molecule has 0 fully saturated rings. The van der Waals surface area contributed by atoms with Crippen LogP contribution in [0.4, 0.5) is 0 Å². The average Bonchev–Trinajstić information content (AvgIpc) is 3.45. The first-order chi connectivity index (χ1) is 17.9. The van der Waals surface area contributed by atoms with Gasteiger partial charge in [-0.3, -0.25) is 9.48 Å². The molecule has 5 rings (SSSR count). The van der Waals surface area contributed by atoms with E-state index in [0.717, 1.165) is 54.2 Å². The molecule has 0 aliphatic heterocycles. The van der Waals surface area contributed by atoms with Crippen molar-refractivity contribution in [1.82, 2.24) is 14.8 Å². The second-order valence-electron chi connectivity index (χ2n) is 10.1. The van der Waals surface area contributed by atoms with E-state index in [1.807, 2.05) is 68.8 Å². The van der Waals surface area contributed by atoms with Gasteiger partial charge in [0.05, 0.1) is 28.4 Å². The third kappa shape index (κ3) is 6.67. The number of benzene rings is 3. The summed E-state index contributed by atoms with van der Waals surface area (Å²) in [7, 11) is 1.90. The number of nitrogens with zero attached hydrogens (tertiary/aromatic N) is 3. The topological polar surface area (TPSA) is 88.2 Å². The Morgan fingerprint density at radius 3 is 2.29 bits per heavy atom. The molecule has 2 N–H and O–H groups in total. The fraction of sp³-hybridized carbons (Fsp3) is 0.233. The van der Waals surface area contributed by atoms with Gasteiger partial charge in [-0.25, -0.2) is 4.98 Å². The van der Waals surface area contributed by atoms with E-state index in [0.29, 0.717) is 5.02 Å². The molecule has 2 heterocycles. The van der Waals surface area contributed by atoms with Gasteiger partial charge in [0.15, 0.2) is 0 Å². The smallest absolute Gasteiger partial charge is 0.307 e. The highest BCUT2D eigenvalue weighted by atomic mass is 35.5. The van der Waals surface area contributed by atoms with Crippen LogP contribution in [0.2, 0.25) is 5.02 Å². The van der Waals surface area contributed by atoms with Gasteiger partial charge in [-0.2, -0.15) is 5.10 Å². The molecule has 2 aromatic heterocycles. The molecular weight excluding hydrogens is 518 g/mol. The minimum absolute atomic E-state index is 0.0521. The Morgan fingerprint density at radius 1 is 1.03 bits per heavy atom. The zero-order valence-electron chi connectivity index (χ0n) is 22.0. The molecule has 6 nitrogen and oxygen atoms in total. The van der Waals surface area contributed by atoms with E-state index in [1.165, 1.54) is 0 Å². The highest BCUT2D eigenvalue weighted by Gasteiger charge is 2.19. The van der Waals surface area contributed by atoms with Crippen LogP contribution in [0.3, 0.4) is 0 Å². The van der Waals surface area contributed by atoms with E-state index in [1.54, 1.807) is 36.8 Å². The van der Waals surface area contributed by atoms with E-state index in [-0.39, 0.29) is 6.42 Å². The SMILES string of the molecule is CC(C)(C)O.Cc1cc2nc(-c3cccc(-c4cnn(C)c4)c3)sc2c(-c2ccc(Cl)cc2)c1CC(=O)O. The Morgan fingerprint density at radius 2 is 1.68 bits per heavy atom. The summed E-state index contributed by atoms with van der Waals surface area (Å²) >= 11 is 7.69. The van der Waals surface area contributed by atoms with Crippen molar-refractivity contribution in [3.05, 3.63) is 83.1 Å². The molecule has 8 heteroatoms. The van der Waals surface area contributed by atoms with Gasteiger partial charge < -0.3 is 10.2 Å². The van der Waals surface area contributed by atoms with Crippen LogP contribution in [0.25, 0.3) is 43.0 Å². The molecule has 0 aliphatic carbocycles. The van der Waals surface area contributed by atoms with E-state index >= 15 is 0 Å². The molecule has 5 aromatic rings. The monoisotopic (exact) mass is 547 g/mol. The van der Waals surface area contributed by atoms with E-state index in [9.17, 15) is 9.90 Å². The maximum Gasteiger partial charge on any atom is 0.307 e. The zero-order chi connectivity index (χ0) is 27.6. The number of carboxylic acids is 1. The highest BCUT2D eigenvalue weighted by molar-refractivity contribution is 7.22. The van der Waals surface area contributed by atoms with Gasteiger partial charge in [0.1, 0.15) is 5.01 Å². The largest absolute Gasteiger partial charge is 0.481 e. The van der Waals surface area contributed by atoms with Gasteiger partial charge in [0, 0.05) is 35.0 Å². The number of thiazole rings is 1. The second kappa shape index (κ2) is 11.1. The lowest BCUT2D eigenvalue weighted by Crippen LogP contribution is -2.10. The summed E-state index contributed by atoms with van der Waals surface area (Å²) in [5, 5.41) is 23.9. The number of halogens is 1. The van der Waals surface area contributed by atoms with Crippen LogP contribution in [-0.2, 0) is 18.3 Å². The Bertz CT molecular complexity index is 1590. The van der Waals surface area contributed by atoms with Crippen molar-refractivity contribution in [2.75, 3.05) is 0 Å². The number of aliphatic hydroxyl groups is 1. The molecule has 0 spiro atoms. The molecule has 0 aliphatic rings. The van der Waals surface area contributed by atoms with Gasteiger partial charge >= 0.3 is 5.97 Å². The summed E-state index contributed by atoms with van der Waals surface area (Å²) in [5.41, 5.74) is 7.05. The Hall–Kier alpha value is -3.52. The first kappa shape index (κ1) is 27.5. The number of aliphatic carboxylic acids is 1. The summed E-state index contributed by atoms with van der Waals surface area (Å²) in [4.78, 5) is 16.6. The number of carboxylic acid groups (broad SMARTS) is 1. The first-order valence-electron chi connectivity index (χ1n) is 12.1. The lowest BCUT2D eigenvalue weighted by molar-refractivity contribution is -0.136. The highest BCUT2D eigenvalue weighted by Crippen LogP contribution is 2.41. The van der Waals surface area contributed by atoms with Crippen LogP contribution in [0.1, 0.15) is 31.9 Å². The summed E-state index contributed by atoms with van der Waals surface area (Å²) in [6.45, 7) is 7.17. The molecule has 0 amide bonds. The van der Waals surface area contributed by atoms with Crippen molar-refractivity contribution in [1.29, 1.82) is 0 Å². The van der Waals surface area contributed by atoms with Crippen molar-refractivity contribution in [2.45, 2.75) is 39.7 Å². The number of aromatic nitrogens is 3. The molecular formula is C30H30ClN3O3S. The van der Waals surface area contributed by atoms with Crippen LogP contribution < -0.4 is 0 Å². The number of fused-ring (bicyclic) bond motifs is 1. The fourth-order valence-electron chi connectivity index (χ4n) is 4.06. The second-order valence-corrected chi connectivity index (χ2v) is 11.6. The van der Waals surface area contributed by atoms with Gasteiger partial charge in [0.2, 0.25) is 0 Å². The quantitative estimate of drug-likeness (QED) is 0.239. The number of hydrogen-bond acceptors (Lipinski definition) is 5. The number of hydrogen-bond donors (Lipinski definition) is 2. The fourth-order valence-corrected chi connectivity index (χ4v) is 5.32. The van der Waals surface area contributed by atoms with Crippen molar-refractivity contribution < 1.29 is 15.0 Å². The number of carbonyl (C=O) groups is 1. The normalized spacial score (nSPS) is 11.3. The Labute approximate surface area is 231 Å². The molecule has 0 saturated heterocycles. The average molecular weight is 548 g/mol. The molecule has 0 unspecified atom stereocenters. The molecule has 38 heavy (non-hydrogen) atoms. The van der Waals surface area contributed by atoms with Crippen LogP contribution in [0.15, 0.2) is 67.0 Å². The summed E-state index contributed by atoms with van der Waals surface area (Å²) < 4.78 is 2.76. The molecule has 0 bridgehead atoms. The van der Waals surface area contributed by atoms with E-state index in [2.05, 4.69) is 17.2 Å². The first-order valence-corrected chi connectivity index (χ1v) is 13.3. The predicted octanol–water partition coefficient (Wildman–Crippen LogP) is 7.40. The maximum absolute atomic E-state index is 11.7. The van der Waals surface area contributed by atoms with Crippen molar-refractivity contribution >= 4 is 39.1 Å². The van der Waals surface area contributed by atoms with Crippen LogP contribution in [0, 0.1) is 6.92 Å². The molecule has 3 aromatic carbocycles. The maximum atomic E-state index is 11.7. The minimum atomic E-state index is -0.860. The van der Waals surface area contributed by atoms with Crippen molar-refractivity contribution in [2.24, 2.45) is 7.05 Å². The predicted molar refractivity (Wildman–Crippen MR) is 156 cm³/mol. The van der Waals surface area contributed by atoms with E-state index in [4.69, 9.17) is 21.7 Å². The third-order valence-electron chi connectivity index (χ3n) is 5.62. The Balaban J connectivity index is 0.000000617. The molecule has 0 radical (unpaired) electrons. The molecule has 0 saturated carbocycles. The van der Waals surface area contributed by atoms with Gasteiger partial charge in [-0.15, -0.1) is 11.3 Å².